The lowest BCUT2D eigenvalue weighted by Crippen LogP contribution is -2.10. The molecular formula is C15H17Cl2N3. The van der Waals surface area contributed by atoms with E-state index in [0.717, 1.165) is 17.1 Å². The molecule has 0 aromatic heterocycles. The first-order valence-corrected chi connectivity index (χ1v) is 6.93. The molecule has 5 heteroatoms. The van der Waals surface area contributed by atoms with E-state index >= 15 is 0 Å². The summed E-state index contributed by atoms with van der Waals surface area (Å²) in [4.78, 5) is 2.07. The van der Waals surface area contributed by atoms with Gasteiger partial charge in [-0.15, -0.1) is 0 Å². The average Bonchev–Trinajstić information content (AvgIpc) is 2.37. The van der Waals surface area contributed by atoms with Crippen LogP contribution in [0.15, 0.2) is 30.3 Å². The van der Waals surface area contributed by atoms with E-state index in [0.29, 0.717) is 15.7 Å². The summed E-state index contributed by atoms with van der Waals surface area (Å²) in [6, 6.07) is 9.51. The third kappa shape index (κ3) is 3.11. The number of benzene rings is 2. The van der Waals surface area contributed by atoms with Crippen molar-refractivity contribution >= 4 is 46.0 Å². The summed E-state index contributed by atoms with van der Waals surface area (Å²) in [5, 5.41) is 4.19. The molecule has 106 valence electrons. The molecule has 0 radical (unpaired) electrons. The van der Waals surface area contributed by atoms with Crippen LogP contribution in [-0.4, -0.2) is 14.1 Å². The Morgan fingerprint density at radius 3 is 2.35 bits per heavy atom. The summed E-state index contributed by atoms with van der Waals surface area (Å²) in [5.74, 6) is 0. The summed E-state index contributed by atoms with van der Waals surface area (Å²) in [6.45, 7) is 2.08. The Labute approximate surface area is 129 Å². The molecule has 0 aliphatic heterocycles. The molecule has 3 nitrogen and oxygen atoms in total. The maximum Gasteiger partial charge on any atom is 0.0633 e. The highest BCUT2D eigenvalue weighted by Crippen LogP contribution is 2.33. The van der Waals surface area contributed by atoms with Gasteiger partial charge in [0, 0.05) is 25.5 Å². The lowest BCUT2D eigenvalue weighted by atomic mass is 10.1. The molecular weight excluding hydrogens is 293 g/mol. The quantitative estimate of drug-likeness (QED) is 0.808. The lowest BCUT2D eigenvalue weighted by molar-refractivity contribution is 1.11. The summed E-state index contributed by atoms with van der Waals surface area (Å²) in [7, 11) is 4.03. The highest BCUT2D eigenvalue weighted by Gasteiger charge is 2.07. The minimum Gasteiger partial charge on any atom is -0.397 e. The molecule has 0 heterocycles. The van der Waals surface area contributed by atoms with E-state index in [4.69, 9.17) is 28.9 Å². The summed E-state index contributed by atoms with van der Waals surface area (Å²) in [6.07, 6.45) is 0. The lowest BCUT2D eigenvalue weighted by Gasteiger charge is -2.18. The summed E-state index contributed by atoms with van der Waals surface area (Å²) in [5.41, 5.74) is 10.6. The first-order valence-electron chi connectivity index (χ1n) is 6.18. The molecule has 0 spiro atoms. The van der Waals surface area contributed by atoms with Crippen molar-refractivity contribution in [2.45, 2.75) is 6.92 Å². The highest BCUT2D eigenvalue weighted by atomic mass is 35.5. The van der Waals surface area contributed by atoms with Gasteiger partial charge in [0.25, 0.3) is 0 Å². The fourth-order valence-corrected chi connectivity index (χ4v) is 2.33. The predicted molar refractivity (Wildman–Crippen MR) is 89.7 cm³/mol. The molecule has 0 unspecified atom stereocenters. The van der Waals surface area contributed by atoms with E-state index in [1.807, 2.05) is 20.2 Å². The molecule has 0 saturated carbocycles. The minimum absolute atomic E-state index is 0.451. The molecule has 0 atom stereocenters. The molecule has 0 aliphatic rings. The average molecular weight is 310 g/mol. The van der Waals surface area contributed by atoms with Crippen molar-refractivity contribution in [1.82, 2.24) is 0 Å². The Morgan fingerprint density at radius 1 is 1.05 bits per heavy atom. The van der Waals surface area contributed by atoms with Gasteiger partial charge in [0.1, 0.15) is 0 Å². The Kier molecular flexibility index (Phi) is 4.31. The van der Waals surface area contributed by atoms with Gasteiger partial charge >= 0.3 is 0 Å². The second kappa shape index (κ2) is 5.81. The highest BCUT2D eigenvalue weighted by molar-refractivity contribution is 6.42. The van der Waals surface area contributed by atoms with E-state index in [1.54, 1.807) is 12.1 Å². The molecule has 0 fully saturated rings. The summed E-state index contributed by atoms with van der Waals surface area (Å²) >= 11 is 12.0. The monoisotopic (exact) mass is 309 g/mol. The van der Waals surface area contributed by atoms with Gasteiger partial charge in [-0.25, -0.2) is 0 Å². The second-order valence-corrected chi connectivity index (χ2v) is 5.69. The molecule has 0 amide bonds. The van der Waals surface area contributed by atoms with Crippen molar-refractivity contribution < 1.29 is 0 Å². The van der Waals surface area contributed by atoms with Crippen LogP contribution in [0.5, 0.6) is 0 Å². The zero-order valence-electron chi connectivity index (χ0n) is 11.7. The van der Waals surface area contributed by atoms with E-state index in [2.05, 4.69) is 29.3 Å². The number of halogens is 2. The number of nitrogens with zero attached hydrogens (tertiary/aromatic N) is 1. The number of nitrogens with two attached hydrogens (primary N) is 1. The number of hydrogen-bond acceptors (Lipinski definition) is 3. The normalized spacial score (nSPS) is 10.4. The Hall–Kier alpha value is -1.58. The van der Waals surface area contributed by atoms with Gasteiger partial charge in [0.05, 0.1) is 21.4 Å². The molecule has 2 aromatic rings. The molecule has 2 rings (SSSR count). The van der Waals surface area contributed by atoms with E-state index in [-0.39, 0.29) is 0 Å². The SMILES string of the molecule is Cc1ccc(Nc2cc(Cl)c(Cl)cc2N)cc1N(C)C. The third-order valence-electron chi connectivity index (χ3n) is 3.06. The molecule has 2 aromatic carbocycles. The van der Waals surface area contributed by atoms with E-state index < -0.39 is 0 Å². The maximum absolute atomic E-state index is 6.02. The molecule has 0 aliphatic carbocycles. The van der Waals surface area contributed by atoms with E-state index in [9.17, 15) is 0 Å². The number of nitrogens with one attached hydrogen (secondary N) is 1. The van der Waals surface area contributed by atoms with Crippen LogP contribution in [0.1, 0.15) is 5.56 Å². The fraction of sp³-hybridized carbons (Fsp3) is 0.200. The van der Waals surface area contributed by atoms with Gasteiger partial charge < -0.3 is 16.0 Å². The van der Waals surface area contributed by atoms with Crippen molar-refractivity contribution in [3.05, 3.63) is 45.9 Å². The largest absolute Gasteiger partial charge is 0.397 e. The Morgan fingerprint density at radius 2 is 1.70 bits per heavy atom. The van der Waals surface area contributed by atoms with Gasteiger partial charge in [-0.05, 0) is 36.8 Å². The van der Waals surface area contributed by atoms with Crippen molar-refractivity contribution in [2.24, 2.45) is 0 Å². The number of rotatable bonds is 3. The zero-order valence-corrected chi connectivity index (χ0v) is 13.2. The van der Waals surface area contributed by atoms with Crippen LogP contribution >= 0.6 is 23.2 Å². The van der Waals surface area contributed by atoms with Crippen molar-refractivity contribution in [2.75, 3.05) is 30.0 Å². The minimum atomic E-state index is 0.451. The van der Waals surface area contributed by atoms with Gasteiger partial charge in [0.2, 0.25) is 0 Å². The Balaban J connectivity index is 2.35. The molecule has 0 bridgehead atoms. The van der Waals surface area contributed by atoms with Crippen LogP contribution in [0.2, 0.25) is 10.0 Å². The Bertz CT molecular complexity index is 639. The number of aryl methyl sites for hydroxylation is 1. The maximum atomic E-state index is 6.02. The van der Waals surface area contributed by atoms with Gasteiger partial charge in [-0.3, -0.25) is 0 Å². The van der Waals surface area contributed by atoms with Crippen LogP contribution in [0.3, 0.4) is 0 Å². The van der Waals surface area contributed by atoms with Crippen LogP contribution < -0.4 is 16.0 Å². The zero-order chi connectivity index (χ0) is 14.9. The standard InChI is InChI=1S/C15H17Cl2N3/c1-9-4-5-10(6-15(9)20(2)3)19-14-8-12(17)11(16)7-13(14)18/h4-8,19H,18H2,1-3H3. The predicted octanol–water partition coefficient (Wildman–Crippen LogP) is 4.69. The molecule has 20 heavy (non-hydrogen) atoms. The topological polar surface area (TPSA) is 41.3 Å². The third-order valence-corrected chi connectivity index (χ3v) is 3.78. The van der Waals surface area contributed by atoms with Crippen molar-refractivity contribution in [3.63, 3.8) is 0 Å². The first-order chi connectivity index (χ1) is 9.38. The number of anilines is 4. The van der Waals surface area contributed by atoms with Crippen LogP contribution in [0, 0.1) is 6.92 Å². The molecule has 0 saturated heterocycles. The van der Waals surface area contributed by atoms with Crippen molar-refractivity contribution in [3.8, 4) is 0 Å². The second-order valence-electron chi connectivity index (χ2n) is 4.87. The number of nitrogen functional groups attached to an aromatic ring is 1. The van der Waals surface area contributed by atoms with Crippen LogP contribution in [-0.2, 0) is 0 Å². The van der Waals surface area contributed by atoms with E-state index in [1.165, 1.54) is 5.56 Å². The molecule has 3 N–H and O–H groups in total. The van der Waals surface area contributed by atoms with Gasteiger partial charge in [-0.1, -0.05) is 29.3 Å². The van der Waals surface area contributed by atoms with Gasteiger partial charge in [0.15, 0.2) is 0 Å². The number of hydrogen-bond donors (Lipinski definition) is 2. The fourth-order valence-electron chi connectivity index (χ4n) is 1.99. The van der Waals surface area contributed by atoms with Crippen LogP contribution in [0.4, 0.5) is 22.7 Å². The van der Waals surface area contributed by atoms with Crippen LogP contribution in [0.25, 0.3) is 0 Å². The summed E-state index contributed by atoms with van der Waals surface area (Å²) < 4.78 is 0. The van der Waals surface area contributed by atoms with Crippen molar-refractivity contribution in [1.29, 1.82) is 0 Å². The smallest absolute Gasteiger partial charge is 0.0633 e. The van der Waals surface area contributed by atoms with Gasteiger partial charge in [-0.2, -0.15) is 0 Å². The first kappa shape index (κ1) is 14.8.